The first kappa shape index (κ1) is 14.7. The molecular weight excluding hydrogens is 224 g/mol. The summed E-state index contributed by atoms with van der Waals surface area (Å²) in [6, 6.07) is 4.16. The average molecular weight is 248 g/mol. The second-order valence-corrected chi connectivity index (χ2v) is 5.02. The monoisotopic (exact) mass is 248 g/mol. The van der Waals surface area contributed by atoms with Crippen LogP contribution in [0.15, 0.2) is 12.1 Å². The molecule has 100 valence electrons. The summed E-state index contributed by atoms with van der Waals surface area (Å²) in [6.45, 7) is 8.11. The van der Waals surface area contributed by atoms with Crippen LogP contribution in [0.1, 0.15) is 55.7 Å². The Balaban J connectivity index is 3.01. The Bertz CT molecular complexity index is 398. The van der Waals surface area contributed by atoms with Gasteiger partial charge in [-0.1, -0.05) is 6.92 Å². The SMILES string of the molecule is CCC(CCC(C)=O)c1c(C)cc(OC)cc1C. The molecule has 1 atom stereocenters. The quantitative estimate of drug-likeness (QED) is 0.755. The number of Topliss-reactive ketones (excluding diaryl/α,β-unsaturated/α-hetero) is 1. The molecule has 0 N–H and O–H groups in total. The first-order valence-corrected chi connectivity index (χ1v) is 6.64. The number of aryl methyl sites for hydroxylation is 2. The van der Waals surface area contributed by atoms with Crippen LogP contribution >= 0.6 is 0 Å². The van der Waals surface area contributed by atoms with Crippen molar-refractivity contribution in [2.24, 2.45) is 0 Å². The van der Waals surface area contributed by atoms with Gasteiger partial charge in [-0.3, -0.25) is 0 Å². The number of methoxy groups -OCH3 is 1. The number of hydrogen-bond donors (Lipinski definition) is 0. The summed E-state index contributed by atoms with van der Waals surface area (Å²) in [6.07, 6.45) is 2.69. The minimum absolute atomic E-state index is 0.275. The normalized spacial score (nSPS) is 12.3. The van der Waals surface area contributed by atoms with E-state index in [4.69, 9.17) is 4.74 Å². The third-order valence-electron chi connectivity index (χ3n) is 3.55. The van der Waals surface area contributed by atoms with E-state index in [2.05, 4.69) is 32.9 Å². The minimum atomic E-state index is 0.275. The maximum absolute atomic E-state index is 11.1. The predicted molar refractivity (Wildman–Crippen MR) is 75.4 cm³/mol. The van der Waals surface area contributed by atoms with E-state index < -0.39 is 0 Å². The lowest BCUT2D eigenvalue weighted by Crippen LogP contribution is -2.05. The van der Waals surface area contributed by atoms with Crippen molar-refractivity contribution in [3.05, 3.63) is 28.8 Å². The summed E-state index contributed by atoms with van der Waals surface area (Å²) < 4.78 is 5.29. The molecule has 0 bridgehead atoms. The van der Waals surface area contributed by atoms with Crippen molar-refractivity contribution in [1.82, 2.24) is 0 Å². The summed E-state index contributed by atoms with van der Waals surface area (Å²) >= 11 is 0. The van der Waals surface area contributed by atoms with Gasteiger partial charge in [0.2, 0.25) is 0 Å². The lowest BCUT2D eigenvalue weighted by Gasteiger charge is -2.20. The van der Waals surface area contributed by atoms with Gasteiger partial charge in [-0.2, -0.15) is 0 Å². The summed E-state index contributed by atoms with van der Waals surface area (Å²) in [5, 5.41) is 0. The Morgan fingerprint density at radius 2 is 1.83 bits per heavy atom. The zero-order chi connectivity index (χ0) is 13.7. The highest BCUT2D eigenvalue weighted by molar-refractivity contribution is 5.75. The van der Waals surface area contributed by atoms with Crippen molar-refractivity contribution < 1.29 is 9.53 Å². The van der Waals surface area contributed by atoms with Crippen molar-refractivity contribution in [3.8, 4) is 5.75 Å². The summed E-state index contributed by atoms with van der Waals surface area (Å²) in [4.78, 5) is 11.1. The number of carbonyl (C=O) groups excluding carboxylic acids is 1. The number of hydrogen-bond acceptors (Lipinski definition) is 2. The molecule has 0 heterocycles. The van der Waals surface area contributed by atoms with Crippen molar-refractivity contribution in [2.45, 2.75) is 52.9 Å². The maximum Gasteiger partial charge on any atom is 0.129 e. The molecule has 18 heavy (non-hydrogen) atoms. The smallest absolute Gasteiger partial charge is 0.129 e. The molecule has 2 heteroatoms. The summed E-state index contributed by atoms with van der Waals surface area (Å²) in [5.41, 5.74) is 3.92. The fourth-order valence-electron chi connectivity index (χ4n) is 2.63. The van der Waals surface area contributed by atoms with Gasteiger partial charge >= 0.3 is 0 Å². The van der Waals surface area contributed by atoms with Crippen LogP contribution in [0.5, 0.6) is 5.75 Å². The molecular formula is C16H24O2. The highest BCUT2D eigenvalue weighted by Gasteiger charge is 2.16. The fourth-order valence-corrected chi connectivity index (χ4v) is 2.63. The Hall–Kier alpha value is -1.31. The van der Waals surface area contributed by atoms with Gasteiger partial charge in [0.1, 0.15) is 11.5 Å². The minimum Gasteiger partial charge on any atom is -0.497 e. The molecule has 0 radical (unpaired) electrons. The van der Waals surface area contributed by atoms with Gasteiger partial charge in [0.15, 0.2) is 0 Å². The Morgan fingerprint density at radius 1 is 1.28 bits per heavy atom. The van der Waals surface area contributed by atoms with E-state index in [1.807, 2.05) is 0 Å². The van der Waals surface area contributed by atoms with Crippen LogP contribution in [0.2, 0.25) is 0 Å². The average Bonchev–Trinajstić information content (AvgIpc) is 2.31. The largest absolute Gasteiger partial charge is 0.497 e. The third-order valence-corrected chi connectivity index (χ3v) is 3.55. The Morgan fingerprint density at radius 3 is 2.22 bits per heavy atom. The van der Waals surface area contributed by atoms with E-state index in [1.165, 1.54) is 16.7 Å². The fraction of sp³-hybridized carbons (Fsp3) is 0.562. The van der Waals surface area contributed by atoms with Crippen molar-refractivity contribution in [2.75, 3.05) is 7.11 Å². The number of rotatable bonds is 6. The van der Waals surface area contributed by atoms with Crippen molar-refractivity contribution >= 4 is 5.78 Å². The van der Waals surface area contributed by atoms with Crippen LogP contribution in [0.4, 0.5) is 0 Å². The summed E-state index contributed by atoms with van der Waals surface area (Å²) in [7, 11) is 1.70. The van der Waals surface area contributed by atoms with E-state index in [0.29, 0.717) is 12.3 Å². The van der Waals surface area contributed by atoms with E-state index in [0.717, 1.165) is 18.6 Å². The number of ketones is 1. The zero-order valence-corrected chi connectivity index (χ0v) is 12.2. The lowest BCUT2D eigenvalue weighted by atomic mass is 9.85. The van der Waals surface area contributed by atoms with Gasteiger partial charge in [0.25, 0.3) is 0 Å². The zero-order valence-electron chi connectivity index (χ0n) is 12.2. The molecule has 0 aromatic heterocycles. The highest BCUT2D eigenvalue weighted by atomic mass is 16.5. The van der Waals surface area contributed by atoms with E-state index in [1.54, 1.807) is 14.0 Å². The number of ether oxygens (including phenoxy) is 1. The highest BCUT2D eigenvalue weighted by Crippen LogP contribution is 2.32. The van der Waals surface area contributed by atoms with Crippen LogP contribution in [0, 0.1) is 13.8 Å². The molecule has 0 amide bonds. The predicted octanol–water partition coefficient (Wildman–Crippen LogP) is 4.17. The second kappa shape index (κ2) is 6.58. The lowest BCUT2D eigenvalue weighted by molar-refractivity contribution is -0.117. The van der Waals surface area contributed by atoms with E-state index >= 15 is 0 Å². The van der Waals surface area contributed by atoms with Crippen molar-refractivity contribution in [1.29, 1.82) is 0 Å². The number of benzene rings is 1. The maximum atomic E-state index is 11.1. The molecule has 0 aliphatic rings. The van der Waals surface area contributed by atoms with E-state index in [9.17, 15) is 4.79 Å². The van der Waals surface area contributed by atoms with Crippen LogP contribution < -0.4 is 4.74 Å². The molecule has 0 aliphatic heterocycles. The van der Waals surface area contributed by atoms with Crippen LogP contribution in [-0.4, -0.2) is 12.9 Å². The molecule has 0 saturated carbocycles. The molecule has 0 saturated heterocycles. The van der Waals surface area contributed by atoms with Gasteiger partial charge in [0, 0.05) is 6.42 Å². The molecule has 1 rings (SSSR count). The van der Waals surface area contributed by atoms with Crippen LogP contribution in [-0.2, 0) is 4.79 Å². The summed E-state index contributed by atoms with van der Waals surface area (Å²) in [5.74, 6) is 1.66. The molecule has 0 fully saturated rings. The topological polar surface area (TPSA) is 26.3 Å². The molecule has 1 aromatic rings. The van der Waals surface area contributed by atoms with Crippen LogP contribution in [0.25, 0.3) is 0 Å². The molecule has 1 unspecified atom stereocenters. The van der Waals surface area contributed by atoms with Crippen molar-refractivity contribution in [3.63, 3.8) is 0 Å². The molecule has 2 nitrogen and oxygen atoms in total. The Labute approximate surface area is 110 Å². The van der Waals surface area contributed by atoms with E-state index in [-0.39, 0.29) is 5.78 Å². The van der Waals surface area contributed by atoms with Gasteiger partial charge < -0.3 is 9.53 Å². The molecule has 1 aromatic carbocycles. The van der Waals surface area contributed by atoms with Crippen LogP contribution in [0.3, 0.4) is 0 Å². The standard InChI is InChI=1S/C16H24O2/c1-6-14(8-7-13(4)17)16-11(2)9-15(18-5)10-12(16)3/h9-10,14H,6-8H2,1-5H3. The van der Waals surface area contributed by atoms with Gasteiger partial charge in [-0.15, -0.1) is 0 Å². The first-order valence-electron chi connectivity index (χ1n) is 6.64. The van der Waals surface area contributed by atoms with Gasteiger partial charge in [-0.25, -0.2) is 0 Å². The molecule has 0 spiro atoms. The van der Waals surface area contributed by atoms with Gasteiger partial charge in [-0.05, 0) is 68.4 Å². The second-order valence-electron chi connectivity index (χ2n) is 5.02. The third kappa shape index (κ3) is 3.59. The molecule has 0 aliphatic carbocycles. The van der Waals surface area contributed by atoms with Gasteiger partial charge in [0.05, 0.1) is 7.11 Å². The first-order chi connectivity index (χ1) is 8.49. The number of carbonyl (C=O) groups is 1. The Kier molecular flexibility index (Phi) is 5.39.